The molecule has 0 aliphatic carbocycles. The standard InChI is InChI=1S/C13H18N2O3/c1-2-14-6-3-4-11(14)13(18)15-7-5-10(9-15)8-12(16)17/h3-4,6,10H,2,5,7-9H2,1H3,(H,16,17). The maximum Gasteiger partial charge on any atom is 0.303 e. The highest BCUT2D eigenvalue weighted by Crippen LogP contribution is 2.21. The van der Waals surface area contributed by atoms with Crippen molar-refractivity contribution < 1.29 is 14.7 Å². The Morgan fingerprint density at radius 2 is 2.28 bits per heavy atom. The molecule has 1 atom stereocenters. The fourth-order valence-electron chi connectivity index (χ4n) is 2.48. The van der Waals surface area contributed by atoms with E-state index < -0.39 is 5.97 Å². The average molecular weight is 250 g/mol. The number of carboxylic acid groups (broad SMARTS) is 1. The van der Waals surface area contributed by atoms with Gasteiger partial charge in [-0.1, -0.05) is 0 Å². The molecule has 5 nitrogen and oxygen atoms in total. The van der Waals surface area contributed by atoms with Crippen LogP contribution >= 0.6 is 0 Å². The molecule has 1 N–H and O–H groups in total. The molecule has 2 rings (SSSR count). The second-order valence-corrected chi connectivity index (χ2v) is 4.68. The maximum absolute atomic E-state index is 12.3. The number of amides is 1. The van der Waals surface area contributed by atoms with Gasteiger partial charge in [-0.25, -0.2) is 0 Å². The Hall–Kier alpha value is -1.78. The van der Waals surface area contributed by atoms with Crippen LogP contribution in [0.15, 0.2) is 18.3 Å². The Bertz CT molecular complexity index is 453. The average Bonchev–Trinajstić information content (AvgIpc) is 2.95. The number of carbonyl (C=O) groups is 2. The Kier molecular flexibility index (Phi) is 3.69. The number of nitrogens with zero attached hydrogens (tertiary/aromatic N) is 2. The van der Waals surface area contributed by atoms with Gasteiger partial charge in [-0.05, 0) is 31.4 Å². The van der Waals surface area contributed by atoms with Crippen molar-refractivity contribution in [2.45, 2.75) is 26.3 Å². The van der Waals surface area contributed by atoms with Crippen LogP contribution in [0.5, 0.6) is 0 Å². The zero-order valence-electron chi connectivity index (χ0n) is 10.5. The van der Waals surface area contributed by atoms with Crippen molar-refractivity contribution in [3.05, 3.63) is 24.0 Å². The summed E-state index contributed by atoms with van der Waals surface area (Å²) in [5.74, 6) is -0.683. The number of hydrogen-bond donors (Lipinski definition) is 1. The molecule has 0 saturated carbocycles. The Labute approximate surface area is 106 Å². The van der Waals surface area contributed by atoms with Crippen LogP contribution in [0.25, 0.3) is 0 Å². The quantitative estimate of drug-likeness (QED) is 0.879. The topological polar surface area (TPSA) is 62.5 Å². The summed E-state index contributed by atoms with van der Waals surface area (Å²) in [5, 5.41) is 8.76. The number of rotatable bonds is 4. The summed E-state index contributed by atoms with van der Waals surface area (Å²) in [5.41, 5.74) is 0.688. The van der Waals surface area contributed by atoms with Crippen LogP contribution in [0.3, 0.4) is 0 Å². The van der Waals surface area contributed by atoms with Gasteiger partial charge in [0, 0.05) is 32.3 Å². The molecule has 1 saturated heterocycles. The van der Waals surface area contributed by atoms with Crippen molar-refractivity contribution >= 4 is 11.9 Å². The fourth-order valence-corrected chi connectivity index (χ4v) is 2.48. The largest absolute Gasteiger partial charge is 0.481 e. The van der Waals surface area contributed by atoms with E-state index in [0.29, 0.717) is 18.8 Å². The van der Waals surface area contributed by atoms with E-state index in [9.17, 15) is 9.59 Å². The summed E-state index contributed by atoms with van der Waals surface area (Å²) in [6, 6.07) is 3.68. The van der Waals surface area contributed by atoms with Gasteiger partial charge < -0.3 is 14.6 Å². The summed E-state index contributed by atoms with van der Waals surface area (Å²) < 4.78 is 1.91. The lowest BCUT2D eigenvalue weighted by atomic mass is 10.1. The molecule has 1 aliphatic rings. The third-order valence-corrected chi connectivity index (χ3v) is 3.43. The van der Waals surface area contributed by atoms with Gasteiger partial charge in [0.1, 0.15) is 5.69 Å². The zero-order valence-corrected chi connectivity index (χ0v) is 10.5. The molecular weight excluding hydrogens is 232 g/mol. The molecule has 98 valence electrons. The fraction of sp³-hybridized carbons (Fsp3) is 0.538. The van der Waals surface area contributed by atoms with Crippen LogP contribution in [-0.2, 0) is 11.3 Å². The number of likely N-dealkylation sites (tertiary alicyclic amines) is 1. The molecule has 1 fully saturated rings. The smallest absolute Gasteiger partial charge is 0.303 e. The highest BCUT2D eigenvalue weighted by molar-refractivity contribution is 5.93. The monoisotopic (exact) mass is 250 g/mol. The van der Waals surface area contributed by atoms with Crippen LogP contribution in [0, 0.1) is 5.92 Å². The normalized spacial score (nSPS) is 19.2. The number of carboxylic acids is 1. The molecular formula is C13H18N2O3. The van der Waals surface area contributed by atoms with Crippen molar-refractivity contribution in [3.63, 3.8) is 0 Å². The summed E-state index contributed by atoms with van der Waals surface area (Å²) in [6.07, 6.45) is 2.82. The lowest BCUT2D eigenvalue weighted by molar-refractivity contribution is -0.138. The van der Waals surface area contributed by atoms with E-state index >= 15 is 0 Å². The Morgan fingerprint density at radius 1 is 1.50 bits per heavy atom. The predicted octanol–water partition coefficient (Wildman–Crippen LogP) is 1.44. The number of hydrogen-bond acceptors (Lipinski definition) is 2. The van der Waals surface area contributed by atoms with Gasteiger partial charge in [-0.15, -0.1) is 0 Å². The molecule has 1 aromatic heterocycles. The SMILES string of the molecule is CCn1cccc1C(=O)N1CCC(CC(=O)O)C1. The van der Waals surface area contributed by atoms with E-state index in [-0.39, 0.29) is 18.2 Å². The van der Waals surface area contributed by atoms with Gasteiger partial charge in [0.2, 0.25) is 0 Å². The number of aryl methyl sites for hydroxylation is 1. The van der Waals surface area contributed by atoms with E-state index in [1.165, 1.54) is 0 Å². The summed E-state index contributed by atoms with van der Waals surface area (Å²) in [6.45, 7) is 3.97. The van der Waals surface area contributed by atoms with Crippen molar-refractivity contribution in [1.29, 1.82) is 0 Å². The Balaban J connectivity index is 2.01. The van der Waals surface area contributed by atoms with Crippen LogP contribution in [0.1, 0.15) is 30.3 Å². The minimum atomic E-state index is -0.786. The summed E-state index contributed by atoms with van der Waals surface area (Å²) >= 11 is 0. The summed E-state index contributed by atoms with van der Waals surface area (Å²) in [4.78, 5) is 24.7. The maximum atomic E-state index is 12.3. The highest BCUT2D eigenvalue weighted by atomic mass is 16.4. The van der Waals surface area contributed by atoms with E-state index in [0.717, 1.165) is 13.0 Å². The lowest BCUT2D eigenvalue weighted by Gasteiger charge is -2.17. The number of carbonyl (C=O) groups excluding carboxylic acids is 1. The summed E-state index contributed by atoms with van der Waals surface area (Å²) in [7, 11) is 0. The van der Waals surface area contributed by atoms with Crippen molar-refractivity contribution in [1.82, 2.24) is 9.47 Å². The lowest BCUT2D eigenvalue weighted by Crippen LogP contribution is -2.30. The van der Waals surface area contributed by atoms with Gasteiger partial charge in [-0.3, -0.25) is 9.59 Å². The number of aromatic nitrogens is 1. The number of aliphatic carboxylic acids is 1. The molecule has 0 spiro atoms. The molecule has 1 amide bonds. The van der Waals surface area contributed by atoms with Crippen LogP contribution in [0.4, 0.5) is 0 Å². The van der Waals surface area contributed by atoms with Gasteiger partial charge in [0.25, 0.3) is 5.91 Å². The molecule has 0 radical (unpaired) electrons. The highest BCUT2D eigenvalue weighted by Gasteiger charge is 2.29. The van der Waals surface area contributed by atoms with Gasteiger partial charge in [0.05, 0.1) is 0 Å². The minimum Gasteiger partial charge on any atom is -0.481 e. The predicted molar refractivity (Wildman–Crippen MR) is 66.4 cm³/mol. The van der Waals surface area contributed by atoms with E-state index in [1.807, 2.05) is 29.8 Å². The van der Waals surface area contributed by atoms with Crippen LogP contribution in [0.2, 0.25) is 0 Å². The minimum absolute atomic E-state index is 0.00902. The molecule has 18 heavy (non-hydrogen) atoms. The third-order valence-electron chi connectivity index (χ3n) is 3.43. The molecule has 0 bridgehead atoms. The van der Waals surface area contributed by atoms with Crippen molar-refractivity contribution in [2.24, 2.45) is 5.92 Å². The van der Waals surface area contributed by atoms with Gasteiger partial charge in [0.15, 0.2) is 0 Å². The van der Waals surface area contributed by atoms with Crippen molar-refractivity contribution in [2.75, 3.05) is 13.1 Å². The van der Waals surface area contributed by atoms with E-state index in [2.05, 4.69) is 0 Å². The first-order valence-electron chi connectivity index (χ1n) is 6.28. The Morgan fingerprint density at radius 3 is 2.94 bits per heavy atom. The first-order valence-corrected chi connectivity index (χ1v) is 6.28. The van der Waals surface area contributed by atoms with E-state index in [4.69, 9.17) is 5.11 Å². The third kappa shape index (κ3) is 2.55. The van der Waals surface area contributed by atoms with Gasteiger partial charge >= 0.3 is 5.97 Å². The first-order chi connectivity index (χ1) is 8.61. The van der Waals surface area contributed by atoms with E-state index in [1.54, 1.807) is 4.90 Å². The second-order valence-electron chi connectivity index (χ2n) is 4.68. The van der Waals surface area contributed by atoms with Crippen LogP contribution in [-0.4, -0.2) is 39.5 Å². The zero-order chi connectivity index (χ0) is 13.1. The molecule has 2 heterocycles. The first kappa shape index (κ1) is 12.7. The molecule has 1 aromatic rings. The van der Waals surface area contributed by atoms with Crippen molar-refractivity contribution in [3.8, 4) is 0 Å². The molecule has 1 unspecified atom stereocenters. The van der Waals surface area contributed by atoms with Crippen LogP contribution < -0.4 is 0 Å². The van der Waals surface area contributed by atoms with Gasteiger partial charge in [-0.2, -0.15) is 0 Å². The molecule has 5 heteroatoms. The second kappa shape index (κ2) is 5.25. The molecule has 1 aliphatic heterocycles. The molecule has 0 aromatic carbocycles.